The van der Waals surface area contributed by atoms with Crippen LogP contribution in [0.25, 0.3) is 10.9 Å². The number of benzene rings is 3. The van der Waals surface area contributed by atoms with E-state index in [-0.39, 0.29) is 29.2 Å². The number of ether oxygens (including phenoxy) is 2. The molecule has 3 aromatic carbocycles. The third kappa shape index (κ3) is 8.68. The number of anilines is 2. The van der Waals surface area contributed by atoms with Crippen molar-refractivity contribution in [3.8, 4) is 11.5 Å². The fourth-order valence-corrected chi connectivity index (χ4v) is 4.41. The molecule has 0 aliphatic heterocycles. The predicted molar refractivity (Wildman–Crippen MR) is 163 cm³/mol. The minimum Gasteiger partial charge on any atom is -0.493 e. The van der Waals surface area contributed by atoms with Crippen molar-refractivity contribution in [2.75, 3.05) is 24.9 Å². The van der Waals surface area contributed by atoms with Crippen LogP contribution in [0, 0.1) is 13.8 Å². The molecule has 0 unspecified atom stereocenters. The maximum absolute atomic E-state index is 13.4. The van der Waals surface area contributed by atoms with E-state index >= 15 is 0 Å². The summed E-state index contributed by atoms with van der Waals surface area (Å²) in [6, 6.07) is 14.2. The first-order valence-electron chi connectivity index (χ1n) is 13.4. The van der Waals surface area contributed by atoms with E-state index in [4.69, 9.17) is 19.4 Å². The highest BCUT2D eigenvalue weighted by Gasteiger charge is 2.38. The van der Waals surface area contributed by atoms with Crippen LogP contribution < -0.4 is 25.4 Å². The van der Waals surface area contributed by atoms with Crippen LogP contribution in [0.5, 0.6) is 11.5 Å². The van der Waals surface area contributed by atoms with Crippen LogP contribution in [0.15, 0.2) is 60.8 Å². The smallest absolute Gasteiger partial charge is 0.490 e. The molecule has 1 heterocycles. The highest BCUT2D eigenvalue weighted by atomic mass is 19.4. The number of aryl methyl sites for hydroxylation is 2. The second-order valence-electron chi connectivity index (χ2n) is 9.83. The Balaban J connectivity index is 0.000000738. The summed E-state index contributed by atoms with van der Waals surface area (Å²) in [7, 11) is 2.84. The molecule has 12 nitrogen and oxygen atoms in total. The second kappa shape index (κ2) is 14.8. The van der Waals surface area contributed by atoms with Gasteiger partial charge in [-0.1, -0.05) is 36.4 Å². The molecule has 3 amide bonds. The van der Waals surface area contributed by atoms with Gasteiger partial charge >= 0.3 is 24.1 Å². The topological polar surface area (TPSA) is 179 Å². The molecular weight excluding hydrogens is 613 g/mol. The van der Waals surface area contributed by atoms with Gasteiger partial charge in [0.2, 0.25) is 0 Å². The van der Waals surface area contributed by atoms with Crippen molar-refractivity contribution in [1.82, 2.24) is 10.3 Å². The van der Waals surface area contributed by atoms with Crippen LogP contribution in [0.2, 0.25) is 0 Å². The van der Waals surface area contributed by atoms with Gasteiger partial charge in [-0.25, -0.2) is 14.4 Å². The molecular formula is C31H31F3N4O8. The lowest BCUT2D eigenvalue weighted by Gasteiger charge is -2.19. The van der Waals surface area contributed by atoms with Gasteiger partial charge in [0.15, 0.2) is 11.5 Å². The van der Waals surface area contributed by atoms with Crippen molar-refractivity contribution in [1.29, 1.82) is 0 Å². The van der Waals surface area contributed by atoms with E-state index < -0.39 is 36.1 Å². The molecule has 1 atom stereocenters. The Hall–Kier alpha value is -5.73. The van der Waals surface area contributed by atoms with Crippen LogP contribution in [-0.4, -0.2) is 65.5 Å². The Labute approximate surface area is 260 Å². The van der Waals surface area contributed by atoms with Crippen molar-refractivity contribution in [2.24, 2.45) is 0 Å². The largest absolute Gasteiger partial charge is 0.493 e. The lowest BCUT2D eigenvalue weighted by atomic mass is 10.0. The highest BCUT2D eigenvalue weighted by Crippen LogP contribution is 2.34. The molecule has 0 aliphatic carbocycles. The number of carbonyl (C=O) groups excluding carboxylic acids is 2. The molecule has 0 saturated carbocycles. The monoisotopic (exact) mass is 644 g/mol. The standard InChI is InChI=1S/C29H30N4O6.C2HF3O2/c1-16-8-7-9-17(2)26(16)33-29(37)32-22-14-25(39-4)24(38-3)13-20(22)27(34)31-23(28(35)36)12-18-15-30-21-11-6-5-10-19(18)21;3-2(4,5)1(6)7/h5-11,13-15,23,30H,12H2,1-4H3,(H,31,34)(H,35,36)(H2,32,33,37);(H,6,7)/t23-;/m0./s1. The molecule has 0 aliphatic rings. The summed E-state index contributed by atoms with van der Waals surface area (Å²) in [6.45, 7) is 3.75. The van der Waals surface area contributed by atoms with Gasteiger partial charge in [0, 0.05) is 35.3 Å². The first kappa shape index (κ1) is 34.8. The molecule has 0 spiro atoms. The number of urea groups is 1. The summed E-state index contributed by atoms with van der Waals surface area (Å²) in [5.41, 5.74) is 4.13. The van der Waals surface area contributed by atoms with E-state index in [9.17, 15) is 32.7 Å². The summed E-state index contributed by atoms with van der Waals surface area (Å²) in [4.78, 5) is 50.5. The van der Waals surface area contributed by atoms with Crippen molar-refractivity contribution in [3.05, 3.63) is 83.0 Å². The summed E-state index contributed by atoms with van der Waals surface area (Å²) in [6.07, 6.45) is -3.30. The second-order valence-corrected chi connectivity index (χ2v) is 9.83. The van der Waals surface area contributed by atoms with Gasteiger partial charge in [0.1, 0.15) is 6.04 Å². The van der Waals surface area contributed by atoms with Gasteiger partial charge in [-0.2, -0.15) is 13.2 Å². The van der Waals surface area contributed by atoms with Crippen molar-refractivity contribution in [2.45, 2.75) is 32.5 Å². The molecule has 15 heteroatoms. The third-order valence-electron chi connectivity index (χ3n) is 6.68. The molecule has 4 aromatic rings. The van der Waals surface area contributed by atoms with Gasteiger partial charge in [-0.05, 0) is 42.7 Å². The molecule has 1 aromatic heterocycles. The van der Waals surface area contributed by atoms with E-state index in [0.29, 0.717) is 5.69 Å². The molecule has 6 N–H and O–H groups in total. The zero-order valence-corrected chi connectivity index (χ0v) is 25.0. The molecule has 0 radical (unpaired) electrons. The molecule has 4 rings (SSSR count). The van der Waals surface area contributed by atoms with Gasteiger partial charge < -0.3 is 40.6 Å². The number of aromatic amines is 1. The lowest BCUT2D eigenvalue weighted by molar-refractivity contribution is -0.192. The number of carboxylic acid groups (broad SMARTS) is 2. The number of para-hydroxylation sites is 2. The van der Waals surface area contributed by atoms with Crippen LogP contribution in [-0.2, 0) is 16.0 Å². The number of methoxy groups -OCH3 is 2. The van der Waals surface area contributed by atoms with E-state index in [2.05, 4.69) is 20.9 Å². The predicted octanol–water partition coefficient (Wildman–Crippen LogP) is 5.50. The average molecular weight is 645 g/mol. The number of aromatic nitrogens is 1. The van der Waals surface area contributed by atoms with Crippen molar-refractivity contribution < 1.29 is 52.0 Å². The Bertz CT molecular complexity index is 1730. The zero-order valence-electron chi connectivity index (χ0n) is 25.0. The van der Waals surface area contributed by atoms with Crippen LogP contribution in [0.3, 0.4) is 0 Å². The number of alkyl halides is 3. The summed E-state index contributed by atoms with van der Waals surface area (Å²) < 4.78 is 42.4. The average Bonchev–Trinajstić information content (AvgIpc) is 3.40. The van der Waals surface area contributed by atoms with Crippen molar-refractivity contribution in [3.63, 3.8) is 0 Å². The maximum atomic E-state index is 13.4. The van der Waals surface area contributed by atoms with Crippen LogP contribution in [0.4, 0.5) is 29.3 Å². The molecule has 244 valence electrons. The van der Waals surface area contributed by atoms with E-state index in [0.717, 1.165) is 27.6 Å². The number of rotatable bonds is 9. The summed E-state index contributed by atoms with van der Waals surface area (Å²) in [5.74, 6) is -4.13. The quantitative estimate of drug-likeness (QED) is 0.138. The number of aliphatic carboxylic acids is 2. The number of nitrogens with one attached hydrogen (secondary N) is 4. The number of carboxylic acids is 2. The third-order valence-corrected chi connectivity index (χ3v) is 6.68. The minimum absolute atomic E-state index is 0.00878. The first-order valence-corrected chi connectivity index (χ1v) is 13.4. The van der Waals surface area contributed by atoms with Crippen molar-refractivity contribution >= 4 is 46.2 Å². The molecule has 0 bridgehead atoms. The molecule has 0 fully saturated rings. The Morgan fingerprint density at radius 2 is 1.48 bits per heavy atom. The number of H-pyrrole nitrogens is 1. The van der Waals surface area contributed by atoms with Gasteiger partial charge in [0.25, 0.3) is 5.91 Å². The fourth-order valence-electron chi connectivity index (χ4n) is 4.41. The first-order chi connectivity index (χ1) is 21.7. The maximum Gasteiger partial charge on any atom is 0.490 e. The normalized spacial score (nSPS) is 11.5. The summed E-state index contributed by atoms with van der Waals surface area (Å²) >= 11 is 0. The lowest BCUT2D eigenvalue weighted by Crippen LogP contribution is -2.42. The van der Waals surface area contributed by atoms with Gasteiger partial charge in [-0.15, -0.1) is 0 Å². The molecule has 0 saturated heterocycles. The highest BCUT2D eigenvalue weighted by molar-refractivity contribution is 6.08. The fraction of sp³-hybridized carbons (Fsp3) is 0.226. The number of fused-ring (bicyclic) bond motifs is 1. The number of hydrogen-bond donors (Lipinski definition) is 6. The molecule has 46 heavy (non-hydrogen) atoms. The summed E-state index contributed by atoms with van der Waals surface area (Å²) in [5, 5.41) is 26.0. The number of hydrogen-bond acceptors (Lipinski definition) is 6. The number of amides is 3. The minimum atomic E-state index is -5.08. The number of halogens is 3. The van der Waals surface area contributed by atoms with E-state index in [1.54, 1.807) is 6.20 Å². The van der Waals surface area contributed by atoms with E-state index in [1.165, 1.54) is 26.4 Å². The van der Waals surface area contributed by atoms with Gasteiger partial charge in [0.05, 0.1) is 25.5 Å². The van der Waals surface area contributed by atoms with Gasteiger partial charge in [-0.3, -0.25) is 4.79 Å². The Morgan fingerprint density at radius 1 is 0.891 bits per heavy atom. The zero-order chi connectivity index (χ0) is 34.2. The Morgan fingerprint density at radius 3 is 2.04 bits per heavy atom. The Kier molecular flexibility index (Phi) is 11.2. The van der Waals surface area contributed by atoms with E-state index in [1.807, 2.05) is 56.3 Å². The number of carbonyl (C=O) groups is 4. The SMILES string of the molecule is COc1cc(NC(=O)Nc2c(C)cccc2C)c(C(=O)N[C@@H](Cc2c[nH]c3ccccc23)C(=O)O)cc1OC.O=C(O)C(F)(F)F. The van der Waals surface area contributed by atoms with Crippen LogP contribution in [0.1, 0.15) is 27.0 Å². The van der Waals surface area contributed by atoms with Crippen LogP contribution >= 0.6 is 0 Å².